The van der Waals surface area contributed by atoms with Gasteiger partial charge in [0, 0.05) is 30.4 Å². The highest BCUT2D eigenvalue weighted by molar-refractivity contribution is 7.89. The standard InChI is InChI=1S/C13H12Cl2N2O3S/c1-17(2)21(19,20)10-6-9(14)12-11-7(10)4-3-5-8(11)13(15,18)16-12/h3-6,16,18H,1-2H3/t13-/m1/s1. The molecule has 0 amide bonds. The topological polar surface area (TPSA) is 69.6 Å². The van der Waals surface area contributed by atoms with E-state index in [-0.39, 0.29) is 9.92 Å². The van der Waals surface area contributed by atoms with Crippen LogP contribution in [0.1, 0.15) is 5.56 Å². The van der Waals surface area contributed by atoms with Crippen LogP contribution in [0.3, 0.4) is 0 Å². The lowest BCUT2D eigenvalue weighted by molar-refractivity contribution is 0.165. The van der Waals surface area contributed by atoms with E-state index in [9.17, 15) is 13.5 Å². The Bertz CT molecular complexity index is 863. The summed E-state index contributed by atoms with van der Waals surface area (Å²) in [4.78, 5) is 0.0780. The Labute approximate surface area is 132 Å². The van der Waals surface area contributed by atoms with Crippen molar-refractivity contribution in [3.8, 4) is 0 Å². The first kappa shape index (κ1) is 14.9. The van der Waals surface area contributed by atoms with Crippen molar-refractivity contribution in [2.75, 3.05) is 19.4 Å². The Morgan fingerprint density at radius 1 is 1.33 bits per heavy atom. The lowest BCUT2D eigenvalue weighted by atomic mass is 10.1. The van der Waals surface area contributed by atoms with Crippen LogP contribution in [0.15, 0.2) is 29.2 Å². The highest BCUT2D eigenvalue weighted by atomic mass is 35.5. The summed E-state index contributed by atoms with van der Waals surface area (Å²) in [5, 5.41) is 12.3. The molecule has 0 spiro atoms. The average Bonchev–Trinajstić information content (AvgIpc) is 2.67. The van der Waals surface area contributed by atoms with Gasteiger partial charge in [-0.2, -0.15) is 0 Å². The second-order valence-electron chi connectivity index (χ2n) is 4.99. The quantitative estimate of drug-likeness (QED) is 0.647. The first-order chi connectivity index (χ1) is 9.66. The van der Waals surface area contributed by atoms with E-state index >= 15 is 0 Å². The number of halogens is 2. The van der Waals surface area contributed by atoms with Crippen LogP contribution in [0.2, 0.25) is 5.02 Å². The van der Waals surface area contributed by atoms with Crippen LogP contribution in [0.5, 0.6) is 0 Å². The Hall–Kier alpha value is -1.05. The van der Waals surface area contributed by atoms with Crippen LogP contribution in [0, 0.1) is 0 Å². The van der Waals surface area contributed by atoms with E-state index in [0.29, 0.717) is 22.0 Å². The van der Waals surface area contributed by atoms with Crippen molar-refractivity contribution in [3.05, 3.63) is 34.9 Å². The van der Waals surface area contributed by atoms with Gasteiger partial charge in [0.15, 0.2) is 0 Å². The third kappa shape index (κ3) is 2.02. The summed E-state index contributed by atoms with van der Waals surface area (Å²) >= 11 is 12.2. The van der Waals surface area contributed by atoms with Gasteiger partial charge in [-0.25, -0.2) is 12.7 Å². The number of alkyl halides is 1. The number of hydrogen-bond acceptors (Lipinski definition) is 4. The second-order valence-corrected chi connectivity index (χ2v) is 8.07. The molecule has 2 N–H and O–H groups in total. The maximum atomic E-state index is 12.5. The molecule has 1 aliphatic rings. The zero-order valence-corrected chi connectivity index (χ0v) is 13.5. The molecule has 0 aliphatic carbocycles. The minimum absolute atomic E-state index is 0.0780. The number of nitrogens with zero attached hydrogens (tertiary/aromatic N) is 1. The molecule has 0 radical (unpaired) electrons. The van der Waals surface area contributed by atoms with Crippen LogP contribution in [0.25, 0.3) is 10.8 Å². The monoisotopic (exact) mass is 346 g/mol. The largest absolute Gasteiger partial charge is 0.355 e. The molecule has 2 aromatic rings. The summed E-state index contributed by atoms with van der Waals surface area (Å²) in [5.41, 5.74) is 0.812. The zero-order valence-electron chi connectivity index (χ0n) is 11.2. The molecule has 0 bridgehead atoms. The minimum Gasteiger partial charge on any atom is -0.355 e. The predicted molar refractivity (Wildman–Crippen MR) is 83.2 cm³/mol. The highest BCUT2D eigenvalue weighted by Crippen LogP contribution is 2.48. The number of nitrogens with one attached hydrogen (secondary N) is 1. The van der Waals surface area contributed by atoms with E-state index < -0.39 is 15.2 Å². The Balaban J connectivity index is 2.48. The van der Waals surface area contributed by atoms with Gasteiger partial charge in [0.25, 0.3) is 0 Å². The molecule has 1 atom stereocenters. The van der Waals surface area contributed by atoms with Gasteiger partial charge in [-0.3, -0.25) is 0 Å². The van der Waals surface area contributed by atoms with E-state index in [0.717, 1.165) is 4.31 Å². The van der Waals surface area contributed by atoms with Crippen LogP contribution in [0.4, 0.5) is 5.69 Å². The smallest absolute Gasteiger partial charge is 0.243 e. The number of benzene rings is 2. The minimum atomic E-state index is -3.67. The zero-order chi connectivity index (χ0) is 15.6. The third-order valence-electron chi connectivity index (χ3n) is 3.48. The van der Waals surface area contributed by atoms with E-state index in [2.05, 4.69) is 5.32 Å². The van der Waals surface area contributed by atoms with Gasteiger partial charge in [-0.15, -0.1) is 0 Å². The van der Waals surface area contributed by atoms with Crippen molar-refractivity contribution in [2.45, 2.75) is 10.1 Å². The molecule has 0 aromatic heterocycles. The SMILES string of the molecule is CN(C)S(=O)(=O)c1cc(Cl)c2c3c(cccc13)[C@@](O)(Cl)N2. The van der Waals surface area contributed by atoms with Gasteiger partial charge < -0.3 is 10.4 Å². The van der Waals surface area contributed by atoms with Crippen LogP contribution >= 0.6 is 23.2 Å². The summed E-state index contributed by atoms with van der Waals surface area (Å²) in [6, 6.07) is 6.30. The summed E-state index contributed by atoms with van der Waals surface area (Å²) in [6.07, 6.45) is 0. The predicted octanol–water partition coefficient (Wildman–Crippen LogP) is 2.51. The molecule has 1 aliphatic heterocycles. The Morgan fingerprint density at radius 3 is 2.62 bits per heavy atom. The van der Waals surface area contributed by atoms with Crippen LogP contribution in [-0.2, 0) is 15.2 Å². The van der Waals surface area contributed by atoms with E-state index in [1.165, 1.54) is 20.2 Å². The number of sulfonamides is 1. The molecule has 3 rings (SSSR count). The summed E-state index contributed by atoms with van der Waals surface area (Å²) < 4.78 is 26.0. The number of anilines is 1. The van der Waals surface area contributed by atoms with Crippen molar-refractivity contribution in [1.82, 2.24) is 4.31 Å². The molecule has 5 nitrogen and oxygen atoms in total. The number of rotatable bonds is 2. The highest BCUT2D eigenvalue weighted by Gasteiger charge is 2.38. The molecule has 0 unspecified atom stereocenters. The van der Waals surface area contributed by atoms with Crippen molar-refractivity contribution in [3.63, 3.8) is 0 Å². The molecule has 0 saturated carbocycles. The fourth-order valence-electron chi connectivity index (χ4n) is 2.45. The van der Waals surface area contributed by atoms with Crippen LogP contribution < -0.4 is 5.32 Å². The number of aliphatic hydroxyl groups is 1. The normalized spacial score (nSPS) is 21.0. The van der Waals surface area contributed by atoms with Gasteiger partial charge >= 0.3 is 0 Å². The molecule has 1 heterocycles. The Morgan fingerprint density at radius 2 is 2.00 bits per heavy atom. The summed E-state index contributed by atoms with van der Waals surface area (Å²) in [6.45, 7) is 0. The maximum absolute atomic E-state index is 12.5. The summed E-state index contributed by atoms with van der Waals surface area (Å²) in [5.74, 6) is 0. The maximum Gasteiger partial charge on any atom is 0.243 e. The average molecular weight is 347 g/mol. The lowest BCUT2D eigenvalue weighted by Crippen LogP contribution is -2.23. The molecule has 112 valence electrons. The lowest BCUT2D eigenvalue weighted by Gasteiger charge is -2.16. The van der Waals surface area contributed by atoms with Gasteiger partial charge in [0.1, 0.15) is 0 Å². The third-order valence-corrected chi connectivity index (χ3v) is 5.93. The van der Waals surface area contributed by atoms with Gasteiger partial charge in [-0.05, 0) is 6.07 Å². The van der Waals surface area contributed by atoms with E-state index in [1.54, 1.807) is 18.2 Å². The fourth-order valence-corrected chi connectivity index (χ4v) is 4.13. The molecule has 0 saturated heterocycles. The first-order valence-corrected chi connectivity index (χ1v) is 8.23. The molecular weight excluding hydrogens is 335 g/mol. The van der Waals surface area contributed by atoms with E-state index in [4.69, 9.17) is 23.2 Å². The second kappa shape index (κ2) is 4.47. The molecular formula is C13H12Cl2N2O3S. The van der Waals surface area contributed by atoms with Crippen LogP contribution in [-0.4, -0.2) is 31.9 Å². The molecule has 21 heavy (non-hydrogen) atoms. The number of hydrogen-bond donors (Lipinski definition) is 2. The molecule has 8 heteroatoms. The van der Waals surface area contributed by atoms with Crippen molar-refractivity contribution >= 4 is 49.7 Å². The van der Waals surface area contributed by atoms with Gasteiger partial charge in [0.05, 0.1) is 15.6 Å². The fraction of sp³-hybridized carbons (Fsp3) is 0.231. The molecule has 2 aromatic carbocycles. The Kier molecular flexibility index (Phi) is 3.17. The first-order valence-electron chi connectivity index (χ1n) is 6.04. The van der Waals surface area contributed by atoms with Crippen molar-refractivity contribution in [2.24, 2.45) is 0 Å². The van der Waals surface area contributed by atoms with Crippen molar-refractivity contribution in [1.29, 1.82) is 0 Å². The van der Waals surface area contributed by atoms with Gasteiger partial charge in [0.2, 0.25) is 15.2 Å². The summed E-state index contributed by atoms with van der Waals surface area (Å²) in [7, 11) is -0.779. The molecule has 0 fully saturated rings. The van der Waals surface area contributed by atoms with Crippen molar-refractivity contribution < 1.29 is 13.5 Å². The van der Waals surface area contributed by atoms with E-state index in [1.807, 2.05) is 0 Å². The van der Waals surface area contributed by atoms with Gasteiger partial charge in [-0.1, -0.05) is 41.4 Å².